The Kier molecular flexibility index (Phi) is 9.31. The molecule has 0 bridgehead atoms. The molecule has 2 N–H and O–H groups in total. The summed E-state index contributed by atoms with van der Waals surface area (Å²) in [6, 6.07) is 8.56. The predicted octanol–water partition coefficient (Wildman–Crippen LogP) is 2.79. The first kappa shape index (κ1) is 20.0. The number of methoxy groups -OCH3 is 1. The van der Waals surface area contributed by atoms with Gasteiger partial charge in [0.25, 0.3) is 0 Å². The lowest BCUT2D eigenvalue weighted by atomic mass is 10.2. The Morgan fingerprint density at radius 2 is 2.00 bits per heavy atom. The molecule has 2 unspecified atom stereocenters. The Labute approximate surface area is 156 Å². The van der Waals surface area contributed by atoms with Gasteiger partial charge < -0.3 is 20.1 Å². The van der Waals surface area contributed by atoms with Crippen LogP contribution in [0.5, 0.6) is 5.75 Å². The summed E-state index contributed by atoms with van der Waals surface area (Å²) in [5.41, 5.74) is 1.16. The highest BCUT2D eigenvalue weighted by molar-refractivity contribution is 14.0. The molecule has 1 aromatic rings. The van der Waals surface area contributed by atoms with Crippen molar-refractivity contribution in [3.05, 3.63) is 29.8 Å². The molecule has 5 nitrogen and oxygen atoms in total. The molecule has 1 aliphatic carbocycles. The average Bonchev–Trinajstić information content (AvgIpc) is 3.25. The number of hydrogen-bond donors (Lipinski definition) is 2. The first-order valence-electron chi connectivity index (χ1n) is 7.90. The van der Waals surface area contributed by atoms with Gasteiger partial charge >= 0.3 is 0 Å². The number of rotatable bonds is 8. The molecule has 1 saturated carbocycles. The number of aliphatic imine (C=N–C) groups is 1. The van der Waals surface area contributed by atoms with Gasteiger partial charge in [-0.1, -0.05) is 19.1 Å². The molecule has 6 heteroatoms. The van der Waals surface area contributed by atoms with Gasteiger partial charge in [0.2, 0.25) is 0 Å². The maximum absolute atomic E-state index is 5.68. The van der Waals surface area contributed by atoms with Crippen LogP contribution in [0.3, 0.4) is 0 Å². The quantitative estimate of drug-likeness (QED) is 0.287. The van der Waals surface area contributed by atoms with E-state index in [-0.39, 0.29) is 24.0 Å². The van der Waals surface area contributed by atoms with E-state index in [0.29, 0.717) is 12.6 Å². The van der Waals surface area contributed by atoms with E-state index in [1.807, 2.05) is 31.3 Å². The Balaban J connectivity index is 0.00000264. The van der Waals surface area contributed by atoms with Crippen molar-refractivity contribution in [1.29, 1.82) is 0 Å². The molecule has 130 valence electrons. The van der Waals surface area contributed by atoms with Crippen LogP contribution in [0.15, 0.2) is 29.3 Å². The fraction of sp³-hybridized carbons (Fsp3) is 0.588. The number of benzene rings is 1. The molecule has 0 aliphatic heterocycles. The van der Waals surface area contributed by atoms with Crippen LogP contribution >= 0.6 is 24.0 Å². The van der Waals surface area contributed by atoms with E-state index < -0.39 is 0 Å². The average molecular weight is 433 g/mol. The summed E-state index contributed by atoms with van der Waals surface area (Å²) < 4.78 is 10.8. The summed E-state index contributed by atoms with van der Waals surface area (Å²) in [5, 5.41) is 6.72. The van der Waals surface area contributed by atoms with E-state index in [1.165, 1.54) is 6.42 Å². The number of ether oxygens (including phenoxy) is 2. The highest BCUT2D eigenvalue weighted by Crippen LogP contribution is 2.28. The van der Waals surface area contributed by atoms with Crippen LogP contribution in [0.1, 0.15) is 25.3 Å². The molecule has 23 heavy (non-hydrogen) atoms. The first-order chi connectivity index (χ1) is 10.7. The van der Waals surface area contributed by atoms with E-state index >= 15 is 0 Å². The van der Waals surface area contributed by atoms with Crippen LogP contribution in [0, 0.1) is 5.92 Å². The molecule has 0 heterocycles. The van der Waals surface area contributed by atoms with Gasteiger partial charge in [0.1, 0.15) is 5.75 Å². The van der Waals surface area contributed by atoms with Gasteiger partial charge in [-0.15, -0.1) is 24.0 Å². The molecule has 0 radical (unpaired) electrons. The third-order valence-electron chi connectivity index (χ3n) is 3.84. The third-order valence-corrected chi connectivity index (χ3v) is 3.84. The summed E-state index contributed by atoms with van der Waals surface area (Å²) in [6.07, 6.45) is 2.20. The summed E-state index contributed by atoms with van der Waals surface area (Å²) in [6.45, 7) is 4.48. The van der Waals surface area contributed by atoms with Crippen molar-refractivity contribution in [3.8, 4) is 5.75 Å². The molecular formula is C17H28IN3O2. The summed E-state index contributed by atoms with van der Waals surface area (Å²) in [7, 11) is 3.48. The normalized spacial score (nSPS) is 19.7. The summed E-state index contributed by atoms with van der Waals surface area (Å²) >= 11 is 0. The van der Waals surface area contributed by atoms with Crippen molar-refractivity contribution < 1.29 is 9.47 Å². The third kappa shape index (κ3) is 7.39. The molecule has 0 aromatic heterocycles. The number of halogens is 1. The number of nitrogens with one attached hydrogen (secondary N) is 2. The zero-order valence-electron chi connectivity index (χ0n) is 14.2. The van der Waals surface area contributed by atoms with Crippen LogP contribution in [0.2, 0.25) is 0 Å². The minimum absolute atomic E-state index is 0. The molecule has 0 amide bonds. The van der Waals surface area contributed by atoms with Crippen LogP contribution in [-0.2, 0) is 11.3 Å². The topological polar surface area (TPSA) is 54.9 Å². The highest BCUT2D eigenvalue weighted by Gasteiger charge is 2.33. The second-order valence-corrected chi connectivity index (χ2v) is 5.72. The lowest BCUT2D eigenvalue weighted by Gasteiger charge is -2.11. The number of nitrogens with zero attached hydrogens (tertiary/aromatic N) is 1. The van der Waals surface area contributed by atoms with Gasteiger partial charge in [0.15, 0.2) is 5.96 Å². The maximum Gasteiger partial charge on any atom is 0.191 e. The number of hydrogen-bond acceptors (Lipinski definition) is 3. The van der Waals surface area contributed by atoms with Crippen molar-refractivity contribution >= 4 is 29.9 Å². The fourth-order valence-electron chi connectivity index (χ4n) is 2.19. The van der Waals surface area contributed by atoms with Gasteiger partial charge in [-0.05, 0) is 36.5 Å². The Hall–Kier alpha value is -1.02. The van der Waals surface area contributed by atoms with Crippen LogP contribution in [0.4, 0.5) is 0 Å². The molecule has 2 rings (SSSR count). The molecule has 1 aliphatic rings. The van der Waals surface area contributed by atoms with Crippen molar-refractivity contribution in [2.75, 3.05) is 27.3 Å². The van der Waals surface area contributed by atoms with Crippen molar-refractivity contribution in [2.24, 2.45) is 10.9 Å². The second kappa shape index (κ2) is 10.7. The summed E-state index contributed by atoms with van der Waals surface area (Å²) in [5.74, 6) is 2.53. The fourth-order valence-corrected chi connectivity index (χ4v) is 2.19. The van der Waals surface area contributed by atoms with Crippen LogP contribution in [-0.4, -0.2) is 39.3 Å². The van der Waals surface area contributed by atoms with Crippen LogP contribution < -0.4 is 15.4 Å². The monoisotopic (exact) mass is 433 g/mol. The largest absolute Gasteiger partial charge is 0.497 e. The smallest absolute Gasteiger partial charge is 0.191 e. The molecular weight excluding hydrogens is 405 g/mol. The summed E-state index contributed by atoms with van der Waals surface area (Å²) in [4.78, 5) is 4.23. The molecule has 1 fully saturated rings. The van der Waals surface area contributed by atoms with E-state index in [4.69, 9.17) is 9.47 Å². The van der Waals surface area contributed by atoms with Gasteiger partial charge in [-0.2, -0.15) is 0 Å². The molecule has 0 saturated heterocycles. The van der Waals surface area contributed by atoms with Gasteiger partial charge in [-0.3, -0.25) is 4.99 Å². The van der Waals surface area contributed by atoms with Gasteiger partial charge in [0, 0.05) is 26.2 Å². The Bertz CT molecular complexity index is 479. The van der Waals surface area contributed by atoms with E-state index in [2.05, 4.69) is 22.5 Å². The van der Waals surface area contributed by atoms with Crippen molar-refractivity contribution in [1.82, 2.24) is 10.6 Å². The zero-order chi connectivity index (χ0) is 15.8. The Morgan fingerprint density at radius 1 is 1.30 bits per heavy atom. The SMILES string of the molecule is CN=C(NCCCOCc1ccc(OC)cc1)NC1CC1C.I. The minimum atomic E-state index is 0. The lowest BCUT2D eigenvalue weighted by Crippen LogP contribution is -2.39. The maximum atomic E-state index is 5.68. The lowest BCUT2D eigenvalue weighted by molar-refractivity contribution is 0.119. The van der Waals surface area contributed by atoms with Crippen molar-refractivity contribution in [3.63, 3.8) is 0 Å². The van der Waals surface area contributed by atoms with E-state index in [0.717, 1.165) is 42.8 Å². The highest BCUT2D eigenvalue weighted by atomic mass is 127. The Morgan fingerprint density at radius 3 is 2.57 bits per heavy atom. The van der Waals surface area contributed by atoms with Gasteiger partial charge in [-0.25, -0.2) is 0 Å². The predicted molar refractivity (Wildman–Crippen MR) is 105 cm³/mol. The molecule has 2 atom stereocenters. The van der Waals surface area contributed by atoms with Gasteiger partial charge in [0.05, 0.1) is 13.7 Å². The standard InChI is InChI=1S/C17H27N3O2.HI/c1-13-11-16(13)20-17(18-2)19-9-4-10-22-12-14-5-7-15(21-3)8-6-14;/h5-8,13,16H,4,9-12H2,1-3H3,(H2,18,19,20);1H. The molecule has 1 aromatic carbocycles. The van der Waals surface area contributed by atoms with E-state index in [9.17, 15) is 0 Å². The first-order valence-corrected chi connectivity index (χ1v) is 7.90. The second-order valence-electron chi connectivity index (χ2n) is 5.72. The number of guanidine groups is 1. The zero-order valence-corrected chi connectivity index (χ0v) is 16.5. The van der Waals surface area contributed by atoms with Crippen LogP contribution in [0.25, 0.3) is 0 Å². The van der Waals surface area contributed by atoms with E-state index in [1.54, 1.807) is 7.11 Å². The van der Waals surface area contributed by atoms with Crippen molar-refractivity contribution in [2.45, 2.75) is 32.4 Å². The molecule has 0 spiro atoms. The minimum Gasteiger partial charge on any atom is -0.497 e.